The summed E-state index contributed by atoms with van der Waals surface area (Å²) in [4.78, 5) is 14.6. The van der Waals surface area contributed by atoms with Gasteiger partial charge >= 0.3 is 0 Å². The van der Waals surface area contributed by atoms with Gasteiger partial charge in [-0.2, -0.15) is 0 Å². The molecule has 0 aliphatic heterocycles. The molecule has 0 aliphatic rings. The molecular formula is C27H32N2O3. The Balaban J connectivity index is 1.41. The maximum absolute atomic E-state index is 12.2. The molecule has 0 atom stereocenters. The van der Waals surface area contributed by atoms with Crippen molar-refractivity contribution in [1.82, 2.24) is 10.2 Å². The van der Waals surface area contributed by atoms with E-state index in [0.717, 1.165) is 48.9 Å². The summed E-state index contributed by atoms with van der Waals surface area (Å²) >= 11 is 0. The first kappa shape index (κ1) is 23.4. The van der Waals surface area contributed by atoms with Gasteiger partial charge < -0.3 is 14.8 Å². The molecule has 0 aromatic heterocycles. The fourth-order valence-electron chi connectivity index (χ4n) is 3.50. The molecule has 3 aromatic rings. The van der Waals surface area contributed by atoms with Crippen molar-refractivity contribution in [2.75, 3.05) is 26.7 Å². The molecule has 0 bridgehead atoms. The molecule has 0 heterocycles. The molecule has 0 aliphatic carbocycles. The minimum absolute atomic E-state index is 0.0343. The SMILES string of the molecule is CCN(CCCNC(=O)Cc1cccc(OC)c1)Cc1cccc(Oc2ccccc2)c1. The molecule has 5 heteroatoms. The van der Waals surface area contributed by atoms with Crippen LogP contribution < -0.4 is 14.8 Å². The number of hydrogen-bond acceptors (Lipinski definition) is 4. The van der Waals surface area contributed by atoms with Crippen LogP contribution in [0, 0.1) is 0 Å². The molecular weight excluding hydrogens is 400 g/mol. The van der Waals surface area contributed by atoms with Gasteiger partial charge in [0.2, 0.25) is 5.91 Å². The zero-order valence-corrected chi connectivity index (χ0v) is 18.9. The number of nitrogens with zero attached hydrogens (tertiary/aromatic N) is 1. The van der Waals surface area contributed by atoms with E-state index in [2.05, 4.69) is 29.3 Å². The molecule has 0 saturated heterocycles. The number of para-hydroxylation sites is 1. The molecule has 0 spiro atoms. The normalized spacial score (nSPS) is 10.7. The van der Waals surface area contributed by atoms with Crippen LogP contribution in [-0.4, -0.2) is 37.6 Å². The molecule has 0 fully saturated rings. The van der Waals surface area contributed by atoms with Crippen molar-refractivity contribution in [1.29, 1.82) is 0 Å². The molecule has 1 N–H and O–H groups in total. The predicted molar refractivity (Wildman–Crippen MR) is 128 cm³/mol. The van der Waals surface area contributed by atoms with E-state index in [0.29, 0.717) is 13.0 Å². The lowest BCUT2D eigenvalue weighted by atomic mass is 10.1. The Labute approximate surface area is 191 Å². The third kappa shape index (κ3) is 7.75. The minimum atomic E-state index is 0.0343. The van der Waals surface area contributed by atoms with Crippen LogP contribution in [0.3, 0.4) is 0 Å². The van der Waals surface area contributed by atoms with E-state index in [1.807, 2.05) is 66.7 Å². The molecule has 32 heavy (non-hydrogen) atoms. The molecule has 3 rings (SSSR count). The Bertz CT molecular complexity index is 975. The van der Waals surface area contributed by atoms with Gasteiger partial charge in [0.15, 0.2) is 0 Å². The Morgan fingerprint density at radius 1 is 0.875 bits per heavy atom. The fraction of sp³-hybridized carbons (Fsp3) is 0.296. The number of hydrogen-bond donors (Lipinski definition) is 1. The second-order valence-electron chi connectivity index (χ2n) is 7.66. The van der Waals surface area contributed by atoms with Crippen molar-refractivity contribution < 1.29 is 14.3 Å². The summed E-state index contributed by atoms with van der Waals surface area (Å²) in [5, 5.41) is 3.02. The molecule has 0 saturated carbocycles. The third-order valence-corrected chi connectivity index (χ3v) is 5.20. The van der Waals surface area contributed by atoms with E-state index in [1.54, 1.807) is 7.11 Å². The molecule has 1 amide bonds. The standard InChI is InChI=1S/C27H32N2O3/c1-3-29(17-9-16-28-27(30)20-22-10-7-14-25(18-22)31-2)21-23-11-8-15-26(19-23)32-24-12-5-4-6-13-24/h4-8,10-15,18-19H,3,9,16-17,20-21H2,1-2H3,(H,28,30). The Morgan fingerprint density at radius 2 is 1.56 bits per heavy atom. The summed E-state index contributed by atoms with van der Waals surface area (Å²) in [6.45, 7) is 5.53. The molecule has 5 nitrogen and oxygen atoms in total. The smallest absolute Gasteiger partial charge is 0.224 e. The highest BCUT2D eigenvalue weighted by Crippen LogP contribution is 2.22. The van der Waals surface area contributed by atoms with E-state index in [4.69, 9.17) is 9.47 Å². The third-order valence-electron chi connectivity index (χ3n) is 5.20. The number of nitrogens with one attached hydrogen (secondary N) is 1. The Morgan fingerprint density at radius 3 is 2.31 bits per heavy atom. The molecule has 168 valence electrons. The first-order valence-electron chi connectivity index (χ1n) is 11.1. The number of carbonyl (C=O) groups is 1. The van der Waals surface area contributed by atoms with Gasteiger partial charge in [0.1, 0.15) is 17.2 Å². The lowest BCUT2D eigenvalue weighted by Crippen LogP contribution is -2.30. The van der Waals surface area contributed by atoms with Crippen LogP contribution in [0.5, 0.6) is 17.2 Å². The summed E-state index contributed by atoms with van der Waals surface area (Å²) in [6.07, 6.45) is 1.26. The highest BCUT2D eigenvalue weighted by molar-refractivity contribution is 5.78. The van der Waals surface area contributed by atoms with Crippen LogP contribution in [-0.2, 0) is 17.8 Å². The van der Waals surface area contributed by atoms with E-state index in [-0.39, 0.29) is 5.91 Å². The monoisotopic (exact) mass is 432 g/mol. The maximum atomic E-state index is 12.2. The van der Waals surface area contributed by atoms with E-state index in [9.17, 15) is 4.79 Å². The summed E-state index contributed by atoms with van der Waals surface area (Å²) in [6, 6.07) is 25.6. The summed E-state index contributed by atoms with van der Waals surface area (Å²) in [5.41, 5.74) is 2.16. The van der Waals surface area contributed by atoms with Gasteiger partial charge in [-0.15, -0.1) is 0 Å². The van der Waals surface area contributed by atoms with Crippen LogP contribution in [0.4, 0.5) is 0 Å². The maximum Gasteiger partial charge on any atom is 0.224 e. The topological polar surface area (TPSA) is 50.8 Å². The van der Waals surface area contributed by atoms with Gasteiger partial charge in [-0.05, 0) is 60.5 Å². The van der Waals surface area contributed by atoms with Crippen molar-refractivity contribution in [3.8, 4) is 17.2 Å². The van der Waals surface area contributed by atoms with E-state index in [1.165, 1.54) is 5.56 Å². The summed E-state index contributed by atoms with van der Waals surface area (Å²) < 4.78 is 11.2. The Kier molecular flexibility index (Phi) is 9.14. The number of rotatable bonds is 12. The van der Waals surface area contributed by atoms with Crippen molar-refractivity contribution in [3.05, 3.63) is 90.0 Å². The quantitative estimate of drug-likeness (QED) is 0.407. The van der Waals surface area contributed by atoms with Gasteiger partial charge in [0, 0.05) is 19.6 Å². The largest absolute Gasteiger partial charge is 0.497 e. The second kappa shape index (κ2) is 12.5. The zero-order chi connectivity index (χ0) is 22.6. The zero-order valence-electron chi connectivity index (χ0n) is 18.9. The number of amides is 1. The van der Waals surface area contributed by atoms with Gasteiger partial charge in [-0.1, -0.05) is 49.4 Å². The fourth-order valence-corrected chi connectivity index (χ4v) is 3.50. The molecule has 0 unspecified atom stereocenters. The van der Waals surface area contributed by atoms with E-state index >= 15 is 0 Å². The van der Waals surface area contributed by atoms with Crippen molar-refractivity contribution in [3.63, 3.8) is 0 Å². The number of ether oxygens (including phenoxy) is 2. The number of carbonyl (C=O) groups excluding carboxylic acids is 1. The highest BCUT2D eigenvalue weighted by atomic mass is 16.5. The van der Waals surface area contributed by atoms with Crippen LogP contribution in [0.1, 0.15) is 24.5 Å². The van der Waals surface area contributed by atoms with E-state index < -0.39 is 0 Å². The lowest BCUT2D eigenvalue weighted by molar-refractivity contribution is -0.120. The average molecular weight is 433 g/mol. The first-order chi connectivity index (χ1) is 15.7. The highest BCUT2D eigenvalue weighted by Gasteiger charge is 2.07. The molecule has 0 radical (unpaired) electrons. The minimum Gasteiger partial charge on any atom is -0.497 e. The summed E-state index contributed by atoms with van der Waals surface area (Å²) in [5.74, 6) is 2.48. The van der Waals surface area contributed by atoms with Crippen LogP contribution in [0.25, 0.3) is 0 Å². The van der Waals surface area contributed by atoms with Crippen molar-refractivity contribution in [2.45, 2.75) is 26.3 Å². The second-order valence-corrected chi connectivity index (χ2v) is 7.66. The first-order valence-corrected chi connectivity index (χ1v) is 11.1. The van der Waals surface area contributed by atoms with Crippen molar-refractivity contribution in [2.24, 2.45) is 0 Å². The predicted octanol–water partition coefficient (Wildman–Crippen LogP) is 5.06. The number of benzene rings is 3. The Hall–Kier alpha value is -3.31. The van der Waals surface area contributed by atoms with Crippen LogP contribution in [0.2, 0.25) is 0 Å². The average Bonchev–Trinajstić information content (AvgIpc) is 2.82. The number of methoxy groups -OCH3 is 1. The van der Waals surface area contributed by atoms with Gasteiger partial charge in [-0.25, -0.2) is 0 Å². The van der Waals surface area contributed by atoms with Gasteiger partial charge in [0.25, 0.3) is 0 Å². The van der Waals surface area contributed by atoms with Crippen molar-refractivity contribution >= 4 is 5.91 Å². The van der Waals surface area contributed by atoms with Crippen LogP contribution in [0.15, 0.2) is 78.9 Å². The summed E-state index contributed by atoms with van der Waals surface area (Å²) in [7, 11) is 1.63. The van der Waals surface area contributed by atoms with Gasteiger partial charge in [0.05, 0.1) is 13.5 Å². The van der Waals surface area contributed by atoms with Crippen LogP contribution >= 0.6 is 0 Å². The lowest BCUT2D eigenvalue weighted by Gasteiger charge is -2.21. The van der Waals surface area contributed by atoms with Gasteiger partial charge in [-0.3, -0.25) is 9.69 Å². The molecule has 3 aromatic carbocycles.